The van der Waals surface area contributed by atoms with Crippen LogP contribution in [0, 0.1) is 0 Å². The van der Waals surface area contributed by atoms with Crippen LogP contribution in [-0.4, -0.2) is 43.1 Å². The highest BCUT2D eigenvalue weighted by Gasteiger charge is 2.38. The minimum absolute atomic E-state index is 0.372. The quantitative estimate of drug-likeness (QED) is 0.933. The van der Waals surface area contributed by atoms with Crippen LogP contribution in [0.5, 0.6) is 23.1 Å². The van der Waals surface area contributed by atoms with Crippen molar-refractivity contribution in [3.63, 3.8) is 0 Å². The van der Waals surface area contributed by atoms with Gasteiger partial charge in [-0.05, 0) is 26.0 Å². The Morgan fingerprint density at radius 2 is 1.83 bits per heavy atom. The van der Waals surface area contributed by atoms with Gasteiger partial charge in [0.25, 0.3) is 0 Å². The lowest BCUT2D eigenvalue weighted by Crippen LogP contribution is -2.39. The summed E-state index contributed by atoms with van der Waals surface area (Å²) in [5.74, 6) is 2.28. The molecule has 3 rings (SSSR count). The first-order valence-corrected chi connectivity index (χ1v) is 7.41. The summed E-state index contributed by atoms with van der Waals surface area (Å²) < 4.78 is 22.2. The Balaban J connectivity index is 2.24. The van der Waals surface area contributed by atoms with Crippen LogP contribution in [0.2, 0.25) is 0 Å². The highest BCUT2D eigenvalue weighted by molar-refractivity contribution is 5.94. The van der Waals surface area contributed by atoms with Gasteiger partial charge >= 0.3 is 0 Å². The van der Waals surface area contributed by atoms with Crippen molar-refractivity contribution in [2.75, 3.05) is 21.3 Å². The van der Waals surface area contributed by atoms with Gasteiger partial charge in [-0.15, -0.1) is 0 Å². The molecule has 1 N–H and O–H groups in total. The number of benzene rings is 1. The minimum atomic E-state index is -0.973. The molecule has 2 aromatic rings. The van der Waals surface area contributed by atoms with E-state index in [1.807, 2.05) is 12.1 Å². The third-order valence-corrected chi connectivity index (χ3v) is 4.15. The van der Waals surface area contributed by atoms with Crippen molar-refractivity contribution < 1.29 is 24.1 Å². The van der Waals surface area contributed by atoms with Gasteiger partial charge in [0, 0.05) is 11.8 Å². The monoisotopic (exact) mass is 319 g/mol. The number of hydrogen-bond acceptors (Lipinski definition) is 6. The van der Waals surface area contributed by atoms with Crippen molar-refractivity contribution in [3.05, 3.63) is 17.7 Å². The minimum Gasteiger partial charge on any atom is -0.496 e. The van der Waals surface area contributed by atoms with E-state index in [1.165, 1.54) is 0 Å². The van der Waals surface area contributed by atoms with E-state index in [9.17, 15) is 5.11 Å². The van der Waals surface area contributed by atoms with Crippen molar-refractivity contribution in [2.45, 2.75) is 32.0 Å². The second-order valence-corrected chi connectivity index (χ2v) is 6.09. The molecule has 124 valence electrons. The lowest BCUT2D eigenvalue weighted by atomic mass is 9.96. The van der Waals surface area contributed by atoms with Crippen molar-refractivity contribution in [1.29, 1.82) is 0 Å². The summed E-state index contributed by atoms with van der Waals surface area (Å²) in [5.41, 5.74) is 0.498. The number of ether oxygens (including phenoxy) is 4. The average Bonchev–Trinajstić information content (AvgIpc) is 2.95. The number of rotatable bonds is 4. The molecular weight excluding hydrogens is 298 g/mol. The van der Waals surface area contributed by atoms with Crippen molar-refractivity contribution in [3.8, 4) is 23.1 Å². The summed E-state index contributed by atoms with van der Waals surface area (Å²) in [7, 11) is 4.76. The molecule has 1 aromatic heterocycles. The lowest BCUT2D eigenvalue weighted by Gasteiger charge is -2.24. The van der Waals surface area contributed by atoms with E-state index in [-0.39, 0.29) is 6.10 Å². The molecule has 6 nitrogen and oxygen atoms in total. The predicted octanol–water partition coefficient (Wildman–Crippen LogP) is 2.33. The first-order valence-electron chi connectivity index (χ1n) is 7.41. The van der Waals surface area contributed by atoms with Crippen LogP contribution in [-0.2, 0) is 6.42 Å². The molecule has 1 aromatic carbocycles. The molecule has 2 heterocycles. The first-order chi connectivity index (χ1) is 10.9. The molecule has 0 radical (unpaired) electrons. The van der Waals surface area contributed by atoms with E-state index in [0.717, 1.165) is 10.9 Å². The normalized spacial score (nSPS) is 16.9. The molecule has 0 aliphatic carbocycles. The molecule has 6 heteroatoms. The summed E-state index contributed by atoms with van der Waals surface area (Å²) in [4.78, 5) is 4.59. The van der Waals surface area contributed by atoms with Crippen LogP contribution in [0.3, 0.4) is 0 Å². The Morgan fingerprint density at radius 3 is 2.39 bits per heavy atom. The summed E-state index contributed by atoms with van der Waals surface area (Å²) in [6.07, 6.45) is 0.169. The van der Waals surface area contributed by atoms with Gasteiger partial charge in [-0.25, -0.2) is 4.98 Å². The topological polar surface area (TPSA) is 70.0 Å². The van der Waals surface area contributed by atoms with Gasteiger partial charge in [0.15, 0.2) is 11.5 Å². The Kier molecular flexibility index (Phi) is 3.72. The second-order valence-electron chi connectivity index (χ2n) is 6.09. The molecule has 0 saturated carbocycles. The van der Waals surface area contributed by atoms with E-state index < -0.39 is 5.60 Å². The SMILES string of the molecule is COc1ccc2c(OC)c3c(nc2c1OC)O[C@@H](C(C)(C)O)C3. The number of pyridine rings is 1. The van der Waals surface area contributed by atoms with Gasteiger partial charge in [0.1, 0.15) is 17.4 Å². The average molecular weight is 319 g/mol. The number of methoxy groups -OCH3 is 3. The molecule has 0 unspecified atom stereocenters. The third kappa shape index (κ3) is 2.43. The number of fused-ring (bicyclic) bond motifs is 2. The smallest absolute Gasteiger partial charge is 0.221 e. The van der Waals surface area contributed by atoms with Crippen LogP contribution < -0.4 is 18.9 Å². The van der Waals surface area contributed by atoms with Gasteiger partial charge in [0.2, 0.25) is 5.88 Å². The number of nitrogens with zero attached hydrogens (tertiary/aromatic N) is 1. The van der Waals surface area contributed by atoms with Crippen LogP contribution in [0.1, 0.15) is 19.4 Å². The Hall–Kier alpha value is -2.21. The summed E-state index contributed by atoms with van der Waals surface area (Å²) in [5, 5.41) is 11.1. The van der Waals surface area contributed by atoms with Crippen molar-refractivity contribution >= 4 is 10.9 Å². The molecule has 0 saturated heterocycles. The molecule has 1 atom stereocenters. The molecule has 0 bridgehead atoms. The Labute approximate surface area is 134 Å². The number of aliphatic hydroxyl groups is 1. The van der Waals surface area contributed by atoms with Gasteiger partial charge in [0.05, 0.1) is 32.5 Å². The third-order valence-electron chi connectivity index (χ3n) is 4.15. The van der Waals surface area contributed by atoms with E-state index >= 15 is 0 Å². The fourth-order valence-corrected chi connectivity index (χ4v) is 2.90. The van der Waals surface area contributed by atoms with E-state index in [2.05, 4.69) is 4.98 Å². The Morgan fingerprint density at radius 1 is 1.13 bits per heavy atom. The zero-order valence-corrected chi connectivity index (χ0v) is 14.0. The molecule has 1 aliphatic heterocycles. The van der Waals surface area contributed by atoms with Crippen LogP contribution in [0.25, 0.3) is 10.9 Å². The van der Waals surface area contributed by atoms with Crippen LogP contribution in [0.15, 0.2) is 12.1 Å². The van der Waals surface area contributed by atoms with E-state index in [1.54, 1.807) is 35.2 Å². The van der Waals surface area contributed by atoms with Gasteiger partial charge < -0.3 is 24.1 Å². The van der Waals surface area contributed by atoms with Gasteiger partial charge in [-0.3, -0.25) is 0 Å². The molecule has 0 fully saturated rings. The molecular formula is C17H21NO5. The lowest BCUT2D eigenvalue weighted by molar-refractivity contribution is -0.0243. The van der Waals surface area contributed by atoms with Crippen LogP contribution in [0.4, 0.5) is 0 Å². The highest BCUT2D eigenvalue weighted by atomic mass is 16.5. The molecule has 1 aliphatic rings. The molecule has 23 heavy (non-hydrogen) atoms. The maximum Gasteiger partial charge on any atom is 0.221 e. The fourth-order valence-electron chi connectivity index (χ4n) is 2.90. The zero-order valence-electron chi connectivity index (χ0n) is 14.0. The van der Waals surface area contributed by atoms with Gasteiger partial charge in [-0.2, -0.15) is 0 Å². The maximum atomic E-state index is 10.2. The van der Waals surface area contributed by atoms with E-state index in [4.69, 9.17) is 18.9 Å². The second kappa shape index (κ2) is 5.45. The maximum absolute atomic E-state index is 10.2. The van der Waals surface area contributed by atoms with Crippen molar-refractivity contribution in [1.82, 2.24) is 4.98 Å². The largest absolute Gasteiger partial charge is 0.496 e. The zero-order chi connectivity index (χ0) is 16.8. The first kappa shape index (κ1) is 15.7. The summed E-state index contributed by atoms with van der Waals surface area (Å²) in [6, 6.07) is 3.71. The molecule has 0 spiro atoms. The molecule has 0 amide bonds. The fraction of sp³-hybridized carbons (Fsp3) is 0.471. The summed E-state index contributed by atoms with van der Waals surface area (Å²) in [6.45, 7) is 3.44. The Bertz CT molecular complexity index is 751. The number of aromatic nitrogens is 1. The van der Waals surface area contributed by atoms with Crippen LogP contribution >= 0.6 is 0 Å². The predicted molar refractivity (Wildman–Crippen MR) is 85.8 cm³/mol. The highest BCUT2D eigenvalue weighted by Crippen LogP contribution is 2.45. The summed E-state index contributed by atoms with van der Waals surface area (Å²) >= 11 is 0. The standard InChI is InChI=1S/C17H21NO5/c1-17(2,19)12-8-10-14(21-4)9-6-7-11(20-3)15(22-5)13(9)18-16(10)23-12/h6-7,12,19H,8H2,1-5H3/t12-/m1/s1. The van der Waals surface area contributed by atoms with E-state index in [0.29, 0.717) is 35.1 Å². The van der Waals surface area contributed by atoms with Crippen molar-refractivity contribution in [2.24, 2.45) is 0 Å². The number of hydrogen-bond donors (Lipinski definition) is 1. The van der Waals surface area contributed by atoms with Gasteiger partial charge in [-0.1, -0.05) is 0 Å².